The molecule has 1 aromatic heterocycles. The lowest BCUT2D eigenvalue weighted by Crippen LogP contribution is -2.31. The molecule has 0 spiro atoms. The smallest absolute Gasteiger partial charge is 0.227 e. The van der Waals surface area contributed by atoms with Gasteiger partial charge >= 0.3 is 0 Å². The van der Waals surface area contributed by atoms with E-state index in [0.717, 1.165) is 34.7 Å². The molecule has 1 aromatic carbocycles. The first-order valence-electron chi connectivity index (χ1n) is 9.79. The SMILES string of the molecule is CCN(Cc1ccc(N(C)C)cc1)C(=O)Cc1c(C)nn(CC(C)C)c1C. The van der Waals surface area contributed by atoms with Crippen LogP contribution in [0.1, 0.15) is 43.3 Å². The van der Waals surface area contributed by atoms with Gasteiger partial charge in [-0.15, -0.1) is 0 Å². The molecule has 148 valence electrons. The van der Waals surface area contributed by atoms with E-state index in [1.54, 1.807) is 0 Å². The molecule has 0 saturated carbocycles. The molecular weight excluding hydrogens is 336 g/mol. The second-order valence-corrected chi connectivity index (χ2v) is 7.87. The Balaban J connectivity index is 2.10. The van der Waals surface area contributed by atoms with Crippen molar-refractivity contribution in [3.8, 4) is 0 Å². The maximum atomic E-state index is 12.9. The van der Waals surface area contributed by atoms with Crippen LogP contribution in [0.3, 0.4) is 0 Å². The summed E-state index contributed by atoms with van der Waals surface area (Å²) in [5.74, 6) is 0.688. The summed E-state index contributed by atoms with van der Waals surface area (Å²) in [6.45, 7) is 12.7. The quantitative estimate of drug-likeness (QED) is 0.709. The average Bonchev–Trinajstić information content (AvgIpc) is 2.86. The van der Waals surface area contributed by atoms with Crippen molar-refractivity contribution in [1.82, 2.24) is 14.7 Å². The van der Waals surface area contributed by atoms with Gasteiger partial charge in [0.05, 0.1) is 12.1 Å². The highest BCUT2D eigenvalue weighted by atomic mass is 16.2. The molecule has 1 heterocycles. The van der Waals surface area contributed by atoms with E-state index in [1.807, 2.05) is 37.5 Å². The van der Waals surface area contributed by atoms with Crippen molar-refractivity contribution in [2.75, 3.05) is 25.5 Å². The fourth-order valence-electron chi connectivity index (χ4n) is 3.27. The first-order valence-corrected chi connectivity index (χ1v) is 9.79. The number of carbonyl (C=O) groups excluding carboxylic acids is 1. The molecule has 27 heavy (non-hydrogen) atoms. The molecule has 1 amide bonds. The number of carbonyl (C=O) groups is 1. The molecule has 2 rings (SSSR count). The van der Waals surface area contributed by atoms with Crippen LogP contribution in [0, 0.1) is 19.8 Å². The average molecular weight is 371 g/mol. The van der Waals surface area contributed by atoms with Crippen molar-refractivity contribution in [3.05, 3.63) is 46.8 Å². The number of aromatic nitrogens is 2. The zero-order valence-corrected chi connectivity index (χ0v) is 17.9. The molecule has 0 saturated heterocycles. The number of hydrogen-bond donors (Lipinski definition) is 0. The van der Waals surface area contributed by atoms with Crippen molar-refractivity contribution in [3.63, 3.8) is 0 Å². The van der Waals surface area contributed by atoms with E-state index in [0.29, 0.717) is 25.4 Å². The number of amides is 1. The second-order valence-electron chi connectivity index (χ2n) is 7.87. The normalized spacial score (nSPS) is 11.1. The number of anilines is 1. The van der Waals surface area contributed by atoms with E-state index < -0.39 is 0 Å². The summed E-state index contributed by atoms with van der Waals surface area (Å²) in [7, 11) is 4.06. The fourth-order valence-corrected chi connectivity index (χ4v) is 3.27. The fraction of sp³-hybridized carbons (Fsp3) is 0.545. The topological polar surface area (TPSA) is 41.4 Å². The van der Waals surface area contributed by atoms with Crippen molar-refractivity contribution >= 4 is 11.6 Å². The molecule has 0 unspecified atom stereocenters. The summed E-state index contributed by atoms with van der Waals surface area (Å²) >= 11 is 0. The molecule has 0 aliphatic carbocycles. The van der Waals surface area contributed by atoms with Crippen molar-refractivity contribution in [2.45, 2.75) is 54.1 Å². The highest BCUT2D eigenvalue weighted by Gasteiger charge is 2.19. The lowest BCUT2D eigenvalue weighted by molar-refractivity contribution is -0.130. The molecule has 2 aromatic rings. The third-order valence-corrected chi connectivity index (χ3v) is 4.96. The van der Waals surface area contributed by atoms with Crippen LogP contribution in [0.25, 0.3) is 0 Å². The van der Waals surface area contributed by atoms with Gasteiger partial charge < -0.3 is 9.80 Å². The zero-order valence-electron chi connectivity index (χ0n) is 17.9. The Kier molecular flexibility index (Phi) is 7.05. The van der Waals surface area contributed by atoms with Gasteiger partial charge in [0.1, 0.15) is 0 Å². The first kappa shape index (κ1) is 21.0. The minimum absolute atomic E-state index is 0.157. The van der Waals surface area contributed by atoms with Crippen LogP contribution < -0.4 is 4.90 Å². The Morgan fingerprint density at radius 3 is 2.30 bits per heavy atom. The van der Waals surface area contributed by atoms with Gasteiger partial charge in [0.15, 0.2) is 0 Å². The highest BCUT2D eigenvalue weighted by molar-refractivity contribution is 5.79. The van der Waals surface area contributed by atoms with Crippen molar-refractivity contribution in [2.24, 2.45) is 5.92 Å². The van der Waals surface area contributed by atoms with E-state index in [1.165, 1.54) is 0 Å². The summed E-state index contributed by atoms with van der Waals surface area (Å²) in [6, 6.07) is 8.39. The zero-order chi connectivity index (χ0) is 20.1. The van der Waals surface area contributed by atoms with E-state index in [2.05, 4.69) is 55.0 Å². The van der Waals surface area contributed by atoms with Crippen LogP contribution in [0.5, 0.6) is 0 Å². The number of likely N-dealkylation sites (N-methyl/N-ethyl adjacent to an activating group) is 1. The number of hydrogen-bond acceptors (Lipinski definition) is 3. The van der Waals surface area contributed by atoms with Crippen molar-refractivity contribution < 1.29 is 4.79 Å². The summed E-state index contributed by atoms with van der Waals surface area (Å²) < 4.78 is 2.04. The maximum Gasteiger partial charge on any atom is 0.227 e. The molecule has 0 atom stereocenters. The van der Waals surface area contributed by atoms with E-state index in [4.69, 9.17) is 0 Å². The van der Waals surface area contributed by atoms with Gasteiger partial charge in [0.2, 0.25) is 5.91 Å². The Labute approximate surface area is 164 Å². The molecule has 0 fully saturated rings. The Morgan fingerprint density at radius 2 is 1.78 bits per heavy atom. The summed E-state index contributed by atoms with van der Waals surface area (Å²) in [5.41, 5.74) is 5.47. The van der Waals surface area contributed by atoms with Crippen LogP contribution in [0.15, 0.2) is 24.3 Å². The molecule has 0 aliphatic rings. The first-order chi connectivity index (χ1) is 12.7. The predicted molar refractivity (Wildman–Crippen MR) is 112 cm³/mol. The maximum absolute atomic E-state index is 12.9. The Morgan fingerprint density at radius 1 is 1.15 bits per heavy atom. The molecule has 5 nitrogen and oxygen atoms in total. The van der Waals surface area contributed by atoms with Gasteiger partial charge in [0, 0.05) is 50.7 Å². The van der Waals surface area contributed by atoms with Crippen LogP contribution >= 0.6 is 0 Å². The third kappa shape index (κ3) is 5.34. The number of benzene rings is 1. The van der Waals surface area contributed by atoms with Crippen LogP contribution in [0.2, 0.25) is 0 Å². The Bertz CT molecular complexity index is 759. The molecule has 0 bridgehead atoms. The summed E-state index contributed by atoms with van der Waals surface area (Å²) in [5, 5.41) is 4.64. The largest absolute Gasteiger partial charge is 0.378 e. The molecular formula is C22H34N4O. The van der Waals surface area contributed by atoms with Gasteiger partial charge in [0.25, 0.3) is 0 Å². The predicted octanol–water partition coefficient (Wildman–Crippen LogP) is 3.81. The van der Waals surface area contributed by atoms with Gasteiger partial charge in [-0.1, -0.05) is 26.0 Å². The summed E-state index contributed by atoms with van der Waals surface area (Å²) in [4.78, 5) is 16.9. The molecule has 5 heteroatoms. The van der Waals surface area contributed by atoms with Crippen LogP contribution in [-0.4, -0.2) is 41.2 Å². The van der Waals surface area contributed by atoms with Gasteiger partial charge in [-0.05, 0) is 44.4 Å². The van der Waals surface area contributed by atoms with E-state index in [9.17, 15) is 4.79 Å². The van der Waals surface area contributed by atoms with Crippen LogP contribution in [0.4, 0.5) is 5.69 Å². The van der Waals surface area contributed by atoms with Crippen molar-refractivity contribution in [1.29, 1.82) is 0 Å². The Hall–Kier alpha value is -2.30. The molecule has 0 aliphatic heterocycles. The van der Waals surface area contributed by atoms with E-state index in [-0.39, 0.29) is 5.91 Å². The monoisotopic (exact) mass is 370 g/mol. The van der Waals surface area contributed by atoms with E-state index >= 15 is 0 Å². The standard InChI is InChI=1S/C22H34N4O/c1-8-25(15-19-9-11-20(12-10-19)24(6)7)22(27)13-21-17(4)23-26(18(21)5)14-16(2)3/h9-12,16H,8,13-15H2,1-7H3. The van der Waals surface area contributed by atoms with Gasteiger partial charge in [-0.25, -0.2) is 0 Å². The minimum Gasteiger partial charge on any atom is -0.378 e. The second kappa shape index (κ2) is 9.07. The molecule has 0 N–H and O–H groups in total. The van der Waals surface area contributed by atoms with Crippen LogP contribution in [-0.2, 0) is 24.3 Å². The summed E-state index contributed by atoms with van der Waals surface area (Å²) in [6.07, 6.45) is 0.416. The molecule has 0 radical (unpaired) electrons. The highest BCUT2D eigenvalue weighted by Crippen LogP contribution is 2.18. The lowest BCUT2D eigenvalue weighted by Gasteiger charge is -2.22. The number of aryl methyl sites for hydroxylation is 1. The minimum atomic E-state index is 0.157. The lowest BCUT2D eigenvalue weighted by atomic mass is 10.1. The van der Waals surface area contributed by atoms with Gasteiger partial charge in [-0.2, -0.15) is 5.10 Å². The van der Waals surface area contributed by atoms with Gasteiger partial charge in [-0.3, -0.25) is 9.48 Å². The number of rotatable bonds is 8. The third-order valence-electron chi connectivity index (χ3n) is 4.96. The number of nitrogens with zero attached hydrogens (tertiary/aromatic N) is 4.